The van der Waals surface area contributed by atoms with Crippen LogP contribution in [0.25, 0.3) is 0 Å². The Bertz CT molecular complexity index is 599. The van der Waals surface area contributed by atoms with Gasteiger partial charge in [0.2, 0.25) is 0 Å². The van der Waals surface area contributed by atoms with E-state index in [9.17, 15) is 4.79 Å². The maximum Gasteiger partial charge on any atom is 0.284 e. The number of nitrogens with two attached hydrogens (primary N) is 1. The summed E-state index contributed by atoms with van der Waals surface area (Å²) in [6, 6.07) is 9.73. The van der Waals surface area contributed by atoms with Gasteiger partial charge in [0.25, 0.3) is 5.91 Å². The number of carbonyl (C=O) groups is 1. The average molecular weight is 256 g/mol. The normalized spacial score (nSPS) is 9.68. The van der Waals surface area contributed by atoms with Crippen molar-refractivity contribution in [3.05, 3.63) is 59.9 Å². The molecule has 1 aromatic heterocycles. The first-order valence-corrected chi connectivity index (χ1v) is 5.48. The van der Waals surface area contributed by atoms with Gasteiger partial charge in [-0.2, -0.15) is 5.48 Å². The first kappa shape index (κ1) is 12.6. The Hall–Kier alpha value is -2.89. The van der Waals surface area contributed by atoms with Crippen molar-refractivity contribution in [3.63, 3.8) is 0 Å². The lowest BCUT2D eigenvalue weighted by Crippen LogP contribution is -2.27. The van der Waals surface area contributed by atoms with Crippen LogP contribution in [0.2, 0.25) is 0 Å². The minimum atomic E-state index is -0.379. The van der Waals surface area contributed by atoms with E-state index in [0.717, 1.165) is 0 Å². The molecular formula is C13H12N4O2. The van der Waals surface area contributed by atoms with Gasteiger partial charge in [0.15, 0.2) is 5.75 Å². The molecule has 6 heteroatoms. The van der Waals surface area contributed by atoms with Crippen LogP contribution in [0.1, 0.15) is 15.9 Å². The lowest BCUT2D eigenvalue weighted by Gasteiger charge is -2.07. The molecule has 96 valence electrons. The summed E-state index contributed by atoms with van der Waals surface area (Å²) in [5.41, 5.74) is 8.63. The van der Waals surface area contributed by atoms with Crippen LogP contribution in [-0.2, 0) is 0 Å². The monoisotopic (exact) mass is 256 g/mol. The number of aromatic nitrogens is 1. The van der Waals surface area contributed by atoms with Crippen molar-refractivity contribution >= 4 is 11.7 Å². The largest absolute Gasteiger partial charge is 0.384 e. The lowest BCUT2D eigenvalue weighted by atomic mass is 10.2. The number of nitrogens with zero attached hydrogens (tertiary/aromatic N) is 1. The summed E-state index contributed by atoms with van der Waals surface area (Å²) in [5.74, 6) is -0.0448. The van der Waals surface area contributed by atoms with E-state index in [1.165, 1.54) is 12.4 Å². The number of nitrogens with one attached hydrogen (secondary N) is 2. The minimum absolute atomic E-state index is 0.0640. The topological polar surface area (TPSA) is 101 Å². The Balaban J connectivity index is 2.01. The number of hydrogen-bond donors (Lipinski definition) is 3. The molecule has 0 fully saturated rings. The Morgan fingerprint density at radius 2 is 1.95 bits per heavy atom. The van der Waals surface area contributed by atoms with Crippen molar-refractivity contribution in [1.29, 1.82) is 5.41 Å². The van der Waals surface area contributed by atoms with Gasteiger partial charge >= 0.3 is 0 Å². The van der Waals surface area contributed by atoms with Crippen molar-refractivity contribution in [1.82, 2.24) is 10.5 Å². The highest BCUT2D eigenvalue weighted by Crippen LogP contribution is 2.12. The van der Waals surface area contributed by atoms with Gasteiger partial charge in [0.05, 0.1) is 0 Å². The zero-order valence-corrected chi connectivity index (χ0v) is 9.96. The minimum Gasteiger partial charge on any atom is -0.384 e. The van der Waals surface area contributed by atoms with Crippen LogP contribution >= 0.6 is 0 Å². The Morgan fingerprint density at radius 1 is 1.21 bits per heavy atom. The average Bonchev–Trinajstić information content (AvgIpc) is 2.46. The van der Waals surface area contributed by atoms with Gasteiger partial charge in [-0.05, 0) is 24.3 Å². The molecule has 0 bridgehead atoms. The second-order valence-corrected chi connectivity index (χ2v) is 3.71. The van der Waals surface area contributed by atoms with Crippen LogP contribution in [0.4, 0.5) is 0 Å². The van der Waals surface area contributed by atoms with E-state index in [0.29, 0.717) is 16.9 Å². The molecule has 0 radical (unpaired) electrons. The third kappa shape index (κ3) is 3.29. The number of nitrogen functional groups attached to an aromatic ring is 1. The van der Waals surface area contributed by atoms with Crippen molar-refractivity contribution in [3.8, 4) is 5.75 Å². The Labute approximate surface area is 109 Å². The number of amides is 1. The van der Waals surface area contributed by atoms with Gasteiger partial charge in [-0.3, -0.25) is 15.2 Å². The number of rotatable bonds is 4. The maximum absolute atomic E-state index is 11.7. The van der Waals surface area contributed by atoms with E-state index in [1.54, 1.807) is 36.4 Å². The molecule has 0 atom stereocenters. The number of hydroxylamine groups is 1. The van der Waals surface area contributed by atoms with E-state index >= 15 is 0 Å². The van der Waals surface area contributed by atoms with E-state index in [4.69, 9.17) is 16.0 Å². The quantitative estimate of drug-likeness (QED) is 0.433. The fourth-order valence-electron chi connectivity index (χ4n) is 1.39. The summed E-state index contributed by atoms with van der Waals surface area (Å²) < 4.78 is 0. The van der Waals surface area contributed by atoms with Gasteiger partial charge in [0.1, 0.15) is 5.84 Å². The fraction of sp³-hybridized carbons (Fsp3) is 0. The number of benzene rings is 1. The number of carbonyl (C=O) groups excluding carboxylic acids is 1. The summed E-state index contributed by atoms with van der Waals surface area (Å²) in [6.45, 7) is 0. The van der Waals surface area contributed by atoms with Crippen LogP contribution in [0, 0.1) is 5.41 Å². The third-order valence-electron chi connectivity index (χ3n) is 2.35. The highest BCUT2D eigenvalue weighted by molar-refractivity contribution is 5.95. The molecule has 0 spiro atoms. The summed E-state index contributed by atoms with van der Waals surface area (Å²) in [4.78, 5) is 20.7. The van der Waals surface area contributed by atoms with Gasteiger partial charge in [-0.1, -0.05) is 12.1 Å². The van der Waals surface area contributed by atoms with E-state index in [1.807, 2.05) is 0 Å². The predicted octanol–water partition coefficient (Wildman–Crippen LogP) is 1.09. The zero-order chi connectivity index (χ0) is 13.7. The highest BCUT2D eigenvalue weighted by atomic mass is 16.7. The molecule has 0 aliphatic carbocycles. The van der Waals surface area contributed by atoms with Gasteiger partial charge in [-0.25, -0.2) is 0 Å². The van der Waals surface area contributed by atoms with E-state index < -0.39 is 0 Å². The van der Waals surface area contributed by atoms with Gasteiger partial charge < -0.3 is 10.6 Å². The summed E-state index contributed by atoms with van der Waals surface area (Å²) in [6.07, 6.45) is 3.04. The molecule has 19 heavy (non-hydrogen) atoms. The van der Waals surface area contributed by atoms with E-state index in [-0.39, 0.29) is 11.7 Å². The van der Waals surface area contributed by atoms with Gasteiger partial charge in [0, 0.05) is 23.5 Å². The van der Waals surface area contributed by atoms with Crippen molar-refractivity contribution < 1.29 is 9.63 Å². The predicted molar refractivity (Wildman–Crippen MR) is 69.8 cm³/mol. The number of amidine groups is 1. The number of hydrogen-bond acceptors (Lipinski definition) is 4. The SMILES string of the molecule is N=C(N)c1cccc(ONC(=O)c2ccncc2)c1. The van der Waals surface area contributed by atoms with Crippen molar-refractivity contribution in [2.24, 2.45) is 5.73 Å². The van der Waals surface area contributed by atoms with Gasteiger partial charge in [-0.15, -0.1) is 0 Å². The summed E-state index contributed by atoms with van der Waals surface area (Å²) in [5, 5.41) is 7.31. The molecule has 2 rings (SSSR count). The number of pyridine rings is 1. The van der Waals surface area contributed by atoms with Crippen molar-refractivity contribution in [2.45, 2.75) is 0 Å². The van der Waals surface area contributed by atoms with Crippen LogP contribution in [0.5, 0.6) is 5.75 Å². The van der Waals surface area contributed by atoms with E-state index in [2.05, 4.69) is 10.5 Å². The molecule has 0 aliphatic heterocycles. The van der Waals surface area contributed by atoms with Crippen molar-refractivity contribution in [2.75, 3.05) is 0 Å². The zero-order valence-electron chi connectivity index (χ0n) is 9.96. The lowest BCUT2D eigenvalue weighted by molar-refractivity contribution is 0.0760. The molecule has 0 saturated heterocycles. The molecule has 1 aromatic carbocycles. The molecule has 0 saturated carbocycles. The Morgan fingerprint density at radius 3 is 2.63 bits per heavy atom. The molecule has 6 nitrogen and oxygen atoms in total. The first-order valence-electron chi connectivity index (χ1n) is 5.48. The molecule has 1 amide bonds. The van der Waals surface area contributed by atoms with Crippen LogP contribution in [-0.4, -0.2) is 16.7 Å². The molecule has 0 aliphatic rings. The second kappa shape index (κ2) is 5.63. The molecular weight excluding hydrogens is 244 g/mol. The Kier molecular flexibility index (Phi) is 3.72. The molecule has 4 N–H and O–H groups in total. The third-order valence-corrected chi connectivity index (χ3v) is 2.35. The first-order chi connectivity index (χ1) is 9.16. The molecule has 1 heterocycles. The van der Waals surface area contributed by atoms with Crippen LogP contribution < -0.4 is 16.1 Å². The molecule has 2 aromatic rings. The second-order valence-electron chi connectivity index (χ2n) is 3.71. The fourth-order valence-corrected chi connectivity index (χ4v) is 1.39. The highest BCUT2D eigenvalue weighted by Gasteiger charge is 2.06. The smallest absolute Gasteiger partial charge is 0.284 e. The molecule has 0 unspecified atom stereocenters. The standard InChI is InChI=1S/C13H12N4O2/c14-12(15)10-2-1-3-11(8-10)19-17-13(18)9-4-6-16-7-5-9/h1-8H,(H3,14,15)(H,17,18). The maximum atomic E-state index is 11.7. The summed E-state index contributed by atoms with van der Waals surface area (Å²) >= 11 is 0. The van der Waals surface area contributed by atoms with Crippen LogP contribution in [0.3, 0.4) is 0 Å². The van der Waals surface area contributed by atoms with Crippen LogP contribution in [0.15, 0.2) is 48.8 Å². The summed E-state index contributed by atoms with van der Waals surface area (Å²) in [7, 11) is 0.